The number of H-pyrrole nitrogens is 1. The van der Waals surface area contributed by atoms with E-state index in [4.69, 9.17) is 0 Å². The van der Waals surface area contributed by atoms with Crippen molar-refractivity contribution in [2.24, 2.45) is 0 Å². The fourth-order valence-electron chi connectivity index (χ4n) is 3.16. The van der Waals surface area contributed by atoms with Crippen LogP contribution in [0.3, 0.4) is 0 Å². The number of halogens is 5. The standard InChI is InChI=1S/C17H12F5N5/c1-7-3-9(5-10-6-23-25-12(7)10)13-11(14(18)19)4-8(2)15-24-16(17(20,21)22)26-27(13)15/h3-6,14H,1-2H3,(H,23,25). The van der Waals surface area contributed by atoms with Gasteiger partial charge in [0.2, 0.25) is 0 Å². The lowest BCUT2D eigenvalue weighted by Gasteiger charge is -2.13. The van der Waals surface area contributed by atoms with E-state index in [0.717, 1.165) is 16.1 Å². The Morgan fingerprint density at radius 1 is 1.07 bits per heavy atom. The molecule has 3 heterocycles. The molecular weight excluding hydrogens is 369 g/mol. The monoisotopic (exact) mass is 381 g/mol. The van der Waals surface area contributed by atoms with Gasteiger partial charge in [0.05, 0.1) is 17.4 Å². The molecule has 0 aliphatic rings. The van der Waals surface area contributed by atoms with Crippen molar-refractivity contribution in [3.05, 3.63) is 46.9 Å². The van der Waals surface area contributed by atoms with Gasteiger partial charge < -0.3 is 0 Å². The Bertz CT molecular complexity index is 1170. The SMILES string of the molecule is Cc1cc(-c2c(C(F)F)cc(C)c3nc(C(F)(F)F)nn23)cc2cn[nH]c12. The molecule has 0 saturated heterocycles. The van der Waals surface area contributed by atoms with Crippen LogP contribution < -0.4 is 0 Å². The molecule has 4 rings (SSSR count). The smallest absolute Gasteiger partial charge is 0.278 e. The highest BCUT2D eigenvalue weighted by atomic mass is 19.4. The lowest BCUT2D eigenvalue weighted by molar-refractivity contribution is -0.144. The van der Waals surface area contributed by atoms with Gasteiger partial charge in [-0.3, -0.25) is 5.10 Å². The first-order valence-corrected chi connectivity index (χ1v) is 7.86. The number of alkyl halides is 5. The van der Waals surface area contributed by atoms with Crippen LogP contribution in [0.2, 0.25) is 0 Å². The zero-order valence-electron chi connectivity index (χ0n) is 14.1. The van der Waals surface area contributed by atoms with E-state index in [9.17, 15) is 22.0 Å². The number of rotatable bonds is 2. The highest BCUT2D eigenvalue weighted by Gasteiger charge is 2.37. The molecule has 0 unspecified atom stereocenters. The fourth-order valence-corrected chi connectivity index (χ4v) is 3.16. The molecule has 0 aliphatic heterocycles. The Balaban J connectivity index is 2.11. The number of fused-ring (bicyclic) bond motifs is 2. The van der Waals surface area contributed by atoms with Gasteiger partial charge in [0.15, 0.2) is 5.65 Å². The molecule has 0 radical (unpaired) electrons. The van der Waals surface area contributed by atoms with E-state index >= 15 is 0 Å². The third kappa shape index (κ3) is 2.71. The molecule has 0 aliphatic carbocycles. The molecule has 3 aromatic heterocycles. The van der Waals surface area contributed by atoms with Gasteiger partial charge >= 0.3 is 6.18 Å². The number of hydrogen-bond donors (Lipinski definition) is 1. The van der Waals surface area contributed by atoms with Crippen molar-refractivity contribution in [3.8, 4) is 11.3 Å². The average Bonchev–Trinajstić information content (AvgIpc) is 3.20. The van der Waals surface area contributed by atoms with Crippen LogP contribution in [0.5, 0.6) is 0 Å². The third-order valence-corrected chi connectivity index (χ3v) is 4.33. The molecule has 0 fully saturated rings. The minimum absolute atomic E-state index is 0.119. The van der Waals surface area contributed by atoms with Crippen LogP contribution in [0.15, 0.2) is 24.4 Å². The van der Waals surface area contributed by atoms with E-state index in [1.165, 1.54) is 13.1 Å². The van der Waals surface area contributed by atoms with Crippen molar-refractivity contribution < 1.29 is 22.0 Å². The molecule has 27 heavy (non-hydrogen) atoms. The minimum Gasteiger partial charge on any atom is -0.278 e. The minimum atomic E-state index is -4.79. The van der Waals surface area contributed by atoms with Crippen LogP contribution in [0.4, 0.5) is 22.0 Å². The number of benzene rings is 1. The zero-order valence-corrected chi connectivity index (χ0v) is 14.1. The van der Waals surface area contributed by atoms with Crippen LogP contribution in [0.25, 0.3) is 27.8 Å². The van der Waals surface area contributed by atoms with Gasteiger partial charge in [-0.05, 0) is 43.2 Å². The number of nitrogens with one attached hydrogen (secondary N) is 1. The lowest BCUT2D eigenvalue weighted by atomic mass is 10.0. The summed E-state index contributed by atoms with van der Waals surface area (Å²) in [5, 5.41) is 10.8. The number of aryl methyl sites for hydroxylation is 2. The van der Waals surface area contributed by atoms with E-state index in [0.29, 0.717) is 16.5 Å². The van der Waals surface area contributed by atoms with Gasteiger partial charge in [0.25, 0.3) is 12.2 Å². The summed E-state index contributed by atoms with van der Waals surface area (Å²) >= 11 is 0. The average molecular weight is 381 g/mol. The van der Waals surface area contributed by atoms with Crippen molar-refractivity contribution in [1.29, 1.82) is 0 Å². The van der Waals surface area contributed by atoms with Gasteiger partial charge in [0.1, 0.15) is 0 Å². The maximum absolute atomic E-state index is 13.7. The summed E-state index contributed by atoms with van der Waals surface area (Å²) in [5.41, 5.74) is 1.26. The van der Waals surface area contributed by atoms with Crippen molar-refractivity contribution in [3.63, 3.8) is 0 Å². The summed E-state index contributed by atoms with van der Waals surface area (Å²) in [4.78, 5) is 3.51. The molecule has 0 spiro atoms. The number of aromatic nitrogens is 5. The summed E-state index contributed by atoms with van der Waals surface area (Å²) in [5.74, 6) is -1.38. The largest absolute Gasteiger partial charge is 0.453 e. The van der Waals surface area contributed by atoms with E-state index in [1.54, 1.807) is 19.1 Å². The molecule has 10 heteroatoms. The first kappa shape index (κ1) is 17.4. The van der Waals surface area contributed by atoms with Gasteiger partial charge in [-0.15, -0.1) is 5.10 Å². The van der Waals surface area contributed by atoms with Gasteiger partial charge in [-0.2, -0.15) is 18.3 Å². The molecular formula is C17H12F5N5. The summed E-state index contributed by atoms with van der Waals surface area (Å²) in [6.07, 6.45) is -6.17. The van der Waals surface area contributed by atoms with Crippen molar-refractivity contribution in [1.82, 2.24) is 24.8 Å². The number of hydrogen-bond acceptors (Lipinski definition) is 3. The third-order valence-electron chi connectivity index (χ3n) is 4.33. The maximum atomic E-state index is 13.7. The molecule has 1 N–H and O–H groups in total. The molecule has 5 nitrogen and oxygen atoms in total. The fraction of sp³-hybridized carbons (Fsp3) is 0.235. The molecule has 1 aromatic carbocycles. The summed E-state index contributed by atoms with van der Waals surface area (Å²) < 4.78 is 67.5. The Morgan fingerprint density at radius 3 is 2.48 bits per heavy atom. The van der Waals surface area contributed by atoms with Gasteiger partial charge in [-0.25, -0.2) is 18.3 Å². The van der Waals surface area contributed by atoms with Crippen LogP contribution in [-0.4, -0.2) is 24.8 Å². The summed E-state index contributed by atoms with van der Waals surface area (Å²) in [6, 6.07) is 4.33. The van der Waals surface area contributed by atoms with Gasteiger partial charge in [0, 0.05) is 16.5 Å². The van der Waals surface area contributed by atoms with Crippen LogP contribution in [0.1, 0.15) is 28.9 Å². The normalized spacial score (nSPS) is 12.6. The zero-order chi connectivity index (χ0) is 19.5. The van der Waals surface area contributed by atoms with E-state index in [1.807, 2.05) is 0 Å². The van der Waals surface area contributed by atoms with E-state index in [2.05, 4.69) is 20.3 Å². The Morgan fingerprint density at radius 2 is 1.81 bits per heavy atom. The van der Waals surface area contributed by atoms with E-state index in [-0.39, 0.29) is 16.9 Å². The number of pyridine rings is 1. The highest BCUT2D eigenvalue weighted by Crippen LogP contribution is 2.36. The molecule has 4 aromatic rings. The molecule has 0 saturated carbocycles. The van der Waals surface area contributed by atoms with Gasteiger partial charge in [-0.1, -0.05) is 0 Å². The molecule has 0 bridgehead atoms. The Hall–Kier alpha value is -3.04. The lowest BCUT2D eigenvalue weighted by Crippen LogP contribution is -2.08. The topological polar surface area (TPSA) is 58.9 Å². The molecule has 0 atom stereocenters. The Labute approximate surface area is 148 Å². The maximum Gasteiger partial charge on any atom is 0.453 e. The molecule has 0 amide bonds. The first-order chi connectivity index (χ1) is 12.7. The van der Waals surface area contributed by atoms with Crippen LogP contribution in [-0.2, 0) is 6.18 Å². The number of nitrogens with zero attached hydrogens (tertiary/aromatic N) is 4. The van der Waals surface area contributed by atoms with Crippen molar-refractivity contribution in [2.45, 2.75) is 26.4 Å². The van der Waals surface area contributed by atoms with Crippen LogP contribution >= 0.6 is 0 Å². The Kier molecular flexibility index (Phi) is 3.69. The van der Waals surface area contributed by atoms with Crippen LogP contribution in [0, 0.1) is 13.8 Å². The van der Waals surface area contributed by atoms with Crippen molar-refractivity contribution in [2.75, 3.05) is 0 Å². The summed E-state index contributed by atoms with van der Waals surface area (Å²) in [7, 11) is 0. The highest BCUT2D eigenvalue weighted by molar-refractivity contribution is 5.87. The molecule has 140 valence electrons. The quantitative estimate of drug-likeness (QED) is 0.505. The van der Waals surface area contributed by atoms with E-state index < -0.39 is 24.0 Å². The second-order valence-electron chi connectivity index (χ2n) is 6.23. The van der Waals surface area contributed by atoms with Crippen molar-refractivity contribution >= 4 is 16.6 Å². The number of aromatic amines is 1. The predicted octanol–water partition coefficient (Wildman–Crippen LogP) is 4.85. The predicted molar refractivity (Wildman–Crippen MR) is 87.5 cm³/mol. The first-order valence-electron chi connectivity index (χ1n) is 7.86. The second-order valence-corrected chi connectivity index (χ2v) is 6.23. The summed E-state index contributed by atoms with van der Waals surface area (Å²) in [6.45, 7) is 3.17. The second kappa shape index (κ2) is 5.73.